The number of allylic oxidation sites excluding steroid dienone is 4. The van der Waals surface area contributed by atoms with E-state index in [2.05, 4.69) is 13.2 Å². The number of carbonyl (C=O) groups excluding carboxylic acids is 1. The molecule has 0 fully saturated rings. The summed E-state index contributed by atoms with van der Waals surface area (Å²) in [6.45, 7) is 15.2. The van der Waals surface area contributed by atoms with Crippen molar-refractivity contribution in [3.05, 3.63) is 76.9 Å². The molecule has 5 heteroatoms. The zero-order chi connectivity index (χ0) is 23.0. The molecule has 0 spiro atoms. The van der Waals surface area contributed by atoms with Crippen LogP contribution >= 0.6 is 0 Å². The van der Waals surface area contributed by atoms with E-state index >= 15 is 0 Å². The molecule has 3 N–H and O–H groups in total. The SMILES string of the molecule is C=C(C)c1cc([C@H]2Oc3c(cc(CC=C(C)C)c(O)c3C(=C)C)C(=O)[C@@H]2O)ccc1O. The first-order chi connectivity index (χ1) is 14.5. The maximum absolute atomic E-state index is 13.1. The van der Waals surface area contributed by atoms with Crippen LogP contribution in [0.15, 0.2) is 49.1 Å². The molecular weight excluding hydrogens is 392 g/mol. The van der Waals surface area contributed by atoms with E-state index in [1.807, 2.05) is 19.9 Å². The van der Waals surface area contributed by atoms with Gasteiger partial charge in [0.05, 0.1) is 11.1 Å². The van der Waals surface area contributed by atoms with Gasteiger partial charge < -0.3 is 20.1 Å². The molecule has 2 atom stereocenters. The summed E-state index contributed by atoms with van der Waals surface area (Å²) in [5, 5.41) is 31.8. The van der Waals surface area contributed by atoms with Crippen molar-refractivity contribution in [2.45, 2.75) is 46.3 Å². The lowest BCUT2D eigenvalue weighted by Crippen LogP contribution is -2.36. The number of hydrogen-bond acceptors (Lipinski definition) is 5. The Labute approximate surface area is 182 Å². The van der Waals surface area contributed by atoms with Crippen LogP contribution in [0, 0.1) is 0 Å². The lowest BCUT2D eigenvalue weighted by atomic mass is 9.87. The monoisotopic (exact) mass is 420 g/mol. The van der Waals surface area contributed by atoms with Gasteiger partial charge in [0.1, 0.15) is 17.2 Å². The van der Waals surface area contributed by atoms with Gasteiger partial charge >= 0.3 is 0 Å². The molecule has 0 saturated heterocycles. The average Bonchev–Trinajstić information content (AvgIpc) is 2.69. The van der Waals surface area contributed by atoms with E-state index in [1.165, 1.54) is 6.07 Å². The average molecular weight is 421 g/mol. The van der Waals surface area contributed by atoms with Crippen LogP contribution in [-0.2, 0) is 6.42 Å². The Kier molecular flexibility index (Phi) is 6.09. The van der Waals surface area contributed by atoms with E-state index in [-0.39, 0.29) is 22.8 Å². The van der Waals surface area contributed by atoms with E-state index < -0.39 is 18.0 Å². The summed E-state index contributed by atoms with van der Waals surface area (Å²) in [5.74, 6) is -0.217. The molecular formula is C26H28O5. The molecule has 1 aliphatic heterocycles. The largest absolute Gasteiger partial charge is 0.507 e. The Morgan fingerprint density at radius 1 is 1.10 bits per heavy atom. The molecule has 2 aromatic rings. The third-order valence-corrected chi connectivity index (χ3v) is 5.36. The number of aliphatic hydroxyl groups excluding tert-OH is 1. The number of aliphatic hydroxyl groups is 1. The Morgan fingerprint density at radius 2 is 1.77 bits per heavy atom. The number of ether oxygens (including phenoxy) is 1. The Hall–Kier alpha value is -3.31. The third kappa shape index (κ3) is 4.14. The van der Waals surface area contributed by atoms with Crippen molar-refractivity contribution in [2.75, 3.05) is 0 Å². The van der Waals surface area contributed by atoms with Crippen LogP contribution in [-0.4, -0.2) is 27.2 Å². The van der Waals surface area contributed by atoms with Crippen molar-refractivity contribution >= 4 is 16.9 Å². The Morgan fingerprint density at radius 3 is 2.35 bits per heavy atom. The zero-order valence-corrected chi connectivity index (χ0v) is 18.3. The predicted octanol–water partition coefficient (Wildman–Crippen LogP) is 5.35. The van der Waals surface area contributed by atoms with Gasteiger partial charge in [0.15, 0.2) is 18.0 Å². The summed E-state index contributed by atoms with van der Waals surface area (Å²) < 4.78 is 6.11. The molecule has 162 valence electrons. The highest BCUT2D eigenvalue weighted by Crippen LogP contribution is 2.46. The number of hydrogen-bond donors (Lipinski definition) is 3. The molecule has 3 rings (SSSR count). The van der Waals surface area contributed by atoms with Crippen molar-refractivity contribution in [1.29, 1.82) is 0 Å². The summed E-state index contributed by atoms with van der Waals surface area (Å²) in [7, 11) is 0. The van der Waals surface area contributed by atoms with Gasteiger partial charge in [-0.2, -0.15) is 0 Å². The van der Waals surface area contributed by atoms with Crippen molar-refractivity contribution in [3.63, 3.8) is 0 Å². The van der Waals surface area contributed by atoms with E-state index in [1.54, 1.807) is 32.0 Å². The highest BCUT2D eigenvalue weighted by molar-refractivity contribution is 6.05. The molecule has 0 aliphatic carbocycles. The van der Waals surface area contributed by atoms with Crippen LogP contribution < -0.4 is 4.74 Å². The van der Waals surface area contributed by atoms with Crippen LogP contribution in [0.2, 0.25) is 0 Å². The fourth-order valence-electron chi connectivity index (χ4n) is 3.69. The number of phenolic OH excluding ortho intramolecular Hbond substituents is 2. The molecule has 1 heterocycles. The van der Waals surface area contributed by atoms with Gasteiger partial charge in [-0.1, -0.05) is 30.9 Å². The van der Waals surface area contributed by atoms with Gasteiger partial charge in [0.2, 0.25) is 0 Å². The third-order valence-electron chi connectivity index (χ3n) is 5.36. The topological polar surface area (TPSA) is 87.0 Å². The first kappa shape index (κ1) is 22.4. The molecule has 0 saturated carbocycles. The smallest absolute Gasteiger partial charge is 0.199 e. The van der Waals surface area contributed by atoms with E-state index in [9.17, 15) is 20.1 Å². The molecule has 0 radical (unpaired) electrons. The fraction of sp³-hybridized carbons (Fsp3) is 0.269. The van der Waals surface area contributed by atoms with Gasteiger partial charge in [-0.25, -0.2) is 0 Å². The zero-order valence-electron chi connectivity index (χ0n) is 18.3. The van der Waals surface area contributed by atoms with Crippen LogP contribution in [0.3, 0.4) is 0 Å². The Balaban J connectivity index is 2.16. The number of aromatic hydroxyl groups is 2. The number of Topliss-reactive ketones (excluding diaryl/α,β-unsaturated/α-hetero) is 1. The maximum atomic E-state index is 13.1. The first-order valence-corrected chi connectivity index (χ1v) is 10.1. The first-order valence-electron chi connectivity index (χ1n) is 10.1. The van der Waals surface area contributed by atoms with Gasteiger partial charge in [-0.3, -0.25) is 4.79 Å². The molecule has 0 amide bonds. The minimum atomic E-state index is -1.44. The van der Waals surface area contributed by atoms with Gasteiger partial charge in [-0.15, -0.1) is 0 Å². The van der Waals surface area contributed by atoms with Crippen molar-refractivity contribution in [1.82, 2.24) is 0 Å². The second-order valence-electron chi connectivity index (χ2n) is 8.31. The second-order valence-corrected chi connectivity index (χ2v) is 8.31. The van der Waals surface area contributed by atoms with Gasteiger partial charge in [0.25, 0.3) is 0 Å². The molecule has 0 unspecified atom stereocenters. The lowest BCUT2D eigenvalue weighted by Gasteiger charge is -2.32. The van der Waals surface area contributed by atoms with E-state index in [0.717, 1.165) is 5.57 Å². The molecule has 31 heavy (non-hydrogen) atoms. The number of ketones is 1. The van der Waals surface area contributed by atoms with Crippen molar-refractivity contribution in [2.24, 2.45) is 0 Å². The fourth-order valence-corrected chi connectivity index (χ4v) is 3.69. The number of carbonyl (C=O) groups is 1. The molecule has 2 aromatic carbocycles. The van der Waals surface area contributed by atoms with Crippen molar-refractivity contribution < 1.29 is 24.9 Å². The van der Waals surface area contributed by atoms with Gasteiger partial charge in [0, 0.05) is 5.56 Å². The van der Waals surface area contributed by atoms with E-state index in [0.29, 0.717) is 39.8 Å². The highest BCUT2D eigenvalue weighted by atomic mass is 16.5. The normalized spacial score (nSPS) is 17.5. The van der Waals surface area contributed by atoms with Crippen LogP contribution in [0.1, 0.15) is 66.4 Å². The van der Waals surface area contributed by atoms with Crippen LogP contribution in [0.4, 0.5) is 0 Å². The highest BCUT2D eigenvalue weighted by Gasteiger charge is 2.39. The minimum Gasteiger partial charge on any atom is -0.507 e. The molecule has 0 aromatic heterocycles. The molecule has 0 bridgehead atoms. The van der Waals surface area contributed by atoms with Gasteiger partial charge in [-0.05, 0) is 74.6 Å². The predicted molar refractivity (Wildman–Crippen MR) is 122 cm³/mol. The lowest BCUT2D eigenvalue weighted by molar-refractivity contribution is 0.0214. The maximum Gasteiger partial charge on any atom is 0.199 e. The standard InChI is InChI=1S/C26H28O5/c1-13(2)7-8-16-11-19-23(29)24(30)25(31-26(19)21(15(5)6)22(16)28)17-9-10-20(27)18(12-17)14(3)4/h7,9-12,24-25,27-28,30H,3,5,8H2,1-2,4,6H3/t24-,25+/m0/s1. The number of rotatable bonds is 5. The number of benzene rings is 2. The summed E-state index contributed by atoms with van der Waals surface area (Å²) in [4.78, 5) is 13.1. The molecule has 1 aliphatic rings. The summed E-state index contributed by atoms with van der Waals surface area (Å²) >= 11 is 0. The van der Waals surface area contributed by atoms with E-state index in [4.69, 9.17) is 4.74 Å². The summed E-state index contributed by atoms with van der Waals surface area (Å²) in [5.41, 5.74) is 4.43. The molecule has 5 nitrogen and oxygen atoms in total. The van der Waals surface area contributed by atoms with Crippen LogP contribution in [0.5, 0.6) is 17.2 Å². The second kappa shape index (κ2) is 8.44. The quantitative estimate of drug-likeness (QED) is 0.568. The van der Waals surface area contributed by atoms with Crippen LogP contribution in [0.25, 0.3) is 11.1 Å². The Bertz CT molecular complexity index is 1120. The summed E-state index contributed by atoms with van der Waals surface area (Å²) in [6.07, 6.45) is -0.0464. The summed E-state index contributed by atoms with van der Waals surface area (Å²) in [6, 6.07) is 6.30. The number of phenols is 2. The van der Waals surface area contributed by atoms with Crippen molar-refractivity contribution in [3.8, 4) is 17.2 Å². The minimum absolute atomic E-state index is 0.0139. The number of fused-ring (bicyclic) bond motifs is 1.